The normalized spacial score (nSPS) is 13.3. The number of hydrogen-bond donors (Lipinski definition) is 2. The van der Waals surface area contributed by atoms with Crippen LogP contribution in [0.15, 0.2) is 53.5 Å². The van der Waals surface area contributed by atoms with Gasteiger partial charge in [0.05, 0.1) is 36.0 Å². The molecule has 0 unspecified atom stereocenters. The molecule has 50 heavy (non-hydrogen) atoms. The minimum absolute atomic E-state index is 0.0607. The third kappa shape index (κ3) is 8.39. The monoisotopic (exact) mass is 682 g/mol. The number of fused-ring (bicyclic) bond motifs is 1. The second-order valence-corrected chi connectivity index (χ2v) is 12.6. The number of H-pyrrole nitrogens is 1. The Hall–Kier alpha value is -5.03. The summed E-state index contributed by atoms with van der Waals surface area (Å²) in [4.78, 5) is 56.0. The molecule has 0 spiro atoms. The molecule has 2 heterocycles. The van der Waals surface area contributed by atoms with E-state index in [9.17, 15) is 19.5 Å². The van der Waals surface area contributed by atoms with E-state index in [-0.39, 0.29) is 29.5 Å². The third-order valence-electron chi connectivity index (χ3n) is 9.08. The van der Waals surface area contributed by atoms with Crippen LogP contribution in [-0.2, 0) is 16.0 Å². The van der Waals surface area contributed by atoms with E-state index in [0.29, 0.717) is 48.4 Å². The first-order chi connectivity index (χ1) is 24.2. The number of isocyanates is 1. The molecule has 4 aromatic rings. The number of nitrogens with zero attached hydrogens (tertiary/aromatic N) is 5. The Kier molecular flexibility index (Phi) is 12.4. The number of ether oxygens (including phenoxy) is 2. The minimum atomic E-state index is -0.413. The minimum Gasteiger partial charge on any atom is -0.494 e. The van der Waals surface area contributed by atoms with Crippen LogP contribution in [0.25, 0.3) is 22.2 Å². The summed E-state index contributed by atoms with van der Waals surface area (Å²) < 4.78 is 12.0. The van der Waals surface area contributed by atoms with Gasteiger partial charge in [0.1, 0.15) is 17.3 Å². The number of benzene rings is 3. The molecule has 12 nitrogen and oxygen atoms in total. The summed E-state index contributed by atoms with van der Waals surface area (Å²) in [5, 5.41) is 9.27. The Morgan fingerprint density at radius 2 is 1.84 bits per heavy atom. The lowest BCUT2D eigenvalue weighted by molar-refractivity contribution is -0.132. The average Bonchev–Trinajstić information content (AvgIpc) is 3.55. The highest BCUT2D eigenvalue weighted by atomic mass is 16.5. The maximum atomic E-state index is 14.1. The zero-order valence-electron chi connectivity index (χ0n) is 29.3. The molecule has 2 amide bonds. The fourth-order valence-corrected chi connectivity index (χ4v) is 6.24. The Labute approximate surface area is 292 Å². The Bertz CT molecular complexity index is 1860. The number of aliphatic imine (C=N–C) groups is 1. The second-order valence-electron chi connectivity index (χ2n) is 12.6. The molecule has 1 fully saturated rings. The average molecular weight is 683 g/mol. The van der Waals surface area contributed by atoms with Crippen molar-refractivity contribution in [3.8, 4) is 22.6 Å². The molecule has 0 atom stereocenters. The molecule has 0 aliphatic carbocycles. The molecule has 3 aromatic carbocycles. The molecule has 0 bridgehead atoms. The second kappa shape index (κ2) is 17.1. The number of aliphatic hydroxyl groups is 1. The van der Waals surface area contributed by atoms with Crippen LogP contribution in [0.1, 0.15) is 53.8 Å². The zero-order chi connectivity index (χ0) is 35.6. The van der Waals surface area contributed by atoms with E-state index < -0.39 is 5.91 Å². The third-order valence-corrected chi connectivity index (χ3v) is 9.08. The van der Waals surface area contributed by atoms with Gasteiger partial charge in [-0.15, -0.1) is 0 Å². The number of imidazole rings is 1. The predicted molar refractivity (Wildman–Crippen MR) is 193 cm³/mol. The van der Waals surface area contributed by atoms with Gasteiger partial charge >= 0.3 is 0 Å². The Morgan fingerprint density at radius 3 is 2.58 bits per heavy atom. The molecule has 0 radical (unpaired) electrons. The standard InChI is InChI=1S/C38H46N6O6/c1-26-14-17-31(32(24-26)50-23-7-5-6-13-34(47)44-20-18-42(2)19-21-44)43(3)38(48)29-16-15-28(37(49-4)36(29)39-25-46)27-10-8-11-30-35(27)41-33(40-30)12-9-22-45/h8,10-11,14-17,24,45H,5-7,9,12-13,18-23H2,1-4H3,(H,40,41). The molecule has 2 N–H and O–H groups in total. The molecule has 1 aromatic heterocycles. The molecule has 0 saturated carbocycles. The van der Waals surface area contributed by atoms with Crippen molar-refractivity contribution in [3.05, 3.63) is 65.5 Å². The Morgan fingerprint density at radius 1 is 1.04 bits per heavy atom. The zero-order valence-corrected chi connectivity index (χ0v) is 29.3. The van der Waals surface area contributed by atoms with Crippen LogP contribution >= 0.6 is 0 Å². The van der Waals surface area contributed by atoms with Crippen molar-refractivity contribution in [2.75, 3.05) is 65.5 Å². The lowest BCUT2D eigenvalue weighted by Gasteiger charge is -2.32. The van der Waals surface area contributed by atoms with Gasteiger partial charge in [-0.3, -0.25) is 9.59 Å². The number of unbranched alkanes of at least 4 members (excludes halogenated alkanes) is 2. The van der Waals surface area contributed by atoms with E-state index >= 15 is 0 Å². The fraction of sp³-hybridized carbons (Fsp3) is 0.421. The predicted octanol–water partition coefficient (Wildman–Crippen LogP) is 5.43. The number of aliphatic hydroxyl groups excluding tert-OH is 1. The number of piperazine rings is 1. The molecule has 264 valence electrons. The molecule has 1 aliphatic heterocycles. The molecular weight excluding hydrogens is 636 g/mol. The van der Waals surface area contributed by atoms with Crippen LogP contribution in [0.2, 0.25) is 0 Å². The summed E-state index contributed by atoms with van der Waals surface area (Å²) in [6, 6.07) is 14.7. The van der Waals surface area contributed by atoms with Gasteiger partial charge in [0.25, 0.3) is 5.91 Å². The summed E-state index contributed by atoms with van der Waals surface area (Å²) in [5.41, 5.74) is 4.60. The number of methoxy groups -OCH3 is 1. The molecule has 5 rings (SSSR count). The van der Waals surface area contributed by atoms with Crippen molar-refractivity contribution in [3.63, 3.8) is 0 Å². The highest BCUT2D eigenvalue weighted by Gasteiger charge is 2.26. The van der Waals surface area contributed by atoms with E-state index in [2.05, 4.69) is 21.9 Å². The maximum absolute atomic E-state index is 14.1. The van der Waals surface area contributed by atoms with E-state index in [1.807, 2.05) is 48.2 Å². The van der Waals surface area contributed by atoms with E-state index in [1.165, 1.54) is 12.0 Å². The van der Waals surface area contributed by atoms with Crippen LogP contribution in [0.3, 0.4) is 0 Å². The van der Waals surface area contributed by atoms with Gasteiger partial charge < -0.3 is 34.3 Å². The van der Waals surface area contributed by atoms with Gasteiger partial charge in [-0.1, -0.05) is 18.2 Å². The number of carbonyl (C=O) groups is 2. The number of para-hydroxylation sites is 1. The van der Waals surface area contributed by atoms with Crippen LogP contribution in [-0.4, -0.2) is 103 Å². The van der Waals surface area contributed by atoms with Crippen molar-refractivity contribution in [1.82, 2.24) is 19.8 Å². The van der Waals surface area contributed by atoms with Crippen molar-refractivity contribution in [1.29, 1.82) is 0 Å². The summed E-state index contributed by atoms with van der Waals surface area (Å²) in [7, 11) is 5.19. The summed E-state index contributed by atoms with van der Waals surface area (Å²) >= 11 is 0. The number of aromatic amines is 1. The van der Waals surface area contributed by atoms with Gasteiger partial charge in [0.15, 0.2) is 5.75 Å². The molecule has 1 saturated heterocycles. The number of nitrogens with one attached hydrogen (secondary N) is 1. The van der Waals surface area contributed by atoms with Crippen LogP contribution in [0.5, 0.6) is 11.5 Å². The van der Waals surface area contributed by atoms with Crippen molar-refractivity contribution >= 4 is 40.3 Å². The highest BCUT2D eigenvalue weighted by Crippen LogP contribution is 2.43. The number of rotatable bonds is 15. The van der Waals surface area contributed by atoms with E-state index in [4.69, 9.17) is 14.5 Å². The number of aromatic nitrogens is 2. The maximum Gasteiger partial charge on any atom is 0.260 e. The van der Waals surface area contributed by atoms with Crippen molar-refractivity contribution < 1.29 is 29.0 Å². The van der Waals surface area contributed by atoms with Gasteiger partial charge in [0.2, 0.25) is 12.0 Å². The summed E-state index contributed by atoms with van der Waals surface area (Å²) in [6.07, 6.45) is 5.71. The van der Waals surface area contributed by atoms with Crippen molar-refractivity contribution in [2.45, 2.75) is 45.4 Å². The number of anilines is 1. The SMILES string of the molecule is COc1c(-c2cccc3[nH]c(CCCO)nc23)ccc(C(=O)N(C)c2ccc(C)cc2OCCCCCC(=O)N2CCN(C)CC2)c1N=C=O. The number of likely N-dealkylation sites (N-methyl/N-ethyl adjacent to an activating group) is 1. The first kappa shape index (κ1) is 36.3. The lowest BCUT2D eigenvalue weighted by Crippen LogP contribution is -2.47. The Balaban J connectivity index is 1.32. The van der Waals surface area contributed by atoms with Crippen molar-refractivity contribution in [2.24, 2.45) is 4.99 Å². The van der Waals surface area contributed by atoms with Gasteiger partial charge in [-0.05, 0) is 75.5 Å². The molecular formula is C38H46N6O6. The van der Waals surface area contributed by atoms with Gasteiger partial charge in [-0.25, -0.2) is 9.78 Å². The fourth-order valence-electron chi connectivity index (χ4n) is 6.24. The van der Waals surface area contributed by atoms with Crippen LogP contribution in [0, 0.1) is 6.92 Å². The smallest absolute Gasteiger partial charge is 0.260 e. The molecule has 12 heteroatoms. The number of carbonyl (C=O) groups excluding carboxylic acids is 3. The van der Waals surface area contributed by atoms with Gasteiger partial charge in [0, 0.05) is 63.8 Å². The van der Waals surface area contributed by atoms with E-state index in [0.717, 1.165) is 67.9 Å². The summed E-state index contributed by atoms with van der Waals surface area (Å²) in [6.45, 7) is 5.85. The van der Waals surface area contributed by atoms with E-state index in [1.54, 1.807) is 25.3 Å². The topological polar surface area (TPSA) is 141 Å². The number of aryl methyl sites for hydroxylation is 2. The van der Waals surface area contributed by atoms with Gasteiger partial charge in [-0.2, -0.15) is 4.99 Å². The van der Waals surface area contributed by atoms with Crippen LogP contribution < -0.4 is 14.4 Å². The van der Waals surface area contributed by atoms with Crippen LogP contribution in [0.4, 0.5) is 11.4 Å². The quantitative estimate of drug-likeness (QED) is 0.0962. The molecule has 1 aliphatic rings. The first-order valence-corrected chi connectivity index (χ1v) is 17.1. The number of hydrogen-bond acceptors (Lipinski definition) is 9. The summed E-state index contributed by atoms with van der Waals surface area (Å²) in [5.74, 6) is 1.34. The first-order valence-electron chi connectivity index (χ1n) is 17.1. The largest absolute Gasteiger partial charge is 0.494 e. The highest BCUT2D eigenvalue weighted by molar-refractivity contribution is 6.11. The number of amides is 2. The lowest BCUT2D eigenvalue weighted by atomic mass is 9.98.